The highest BCUT2D eigenvalue weighted by Gasteiger charge is 2.38. The molecule has 0 aliphatic carbocycles. The molecule has 2 N–H and O–H groups in total. The molecular formula is C19H28N4OS2. The zero-order valence-electron chi connectivity index (χ0n) is 16.2. The third kappa shape index (κ3) is 4.96. The number of aromatic nitrogens is 2. The Morgan fingerprint density at radius 3 is 2.69 bits per heavy atom. The minimum Gasteiger partial charge on any atom is -0.353 e. The Morgan fingerprint density at radius 2 is 2.00 bits per heavy atom. The lowest BCUT2D eigenvalue weighted by Gasteiger charge is -2.46. The van der Waals surface area contributed by atoms with Gasteiger partial charge in [-0.15, -0.1) is 23.1 Å². The summed E-state index contributed by atoms with van der Waals surface area (Å²) in [6.07, 6.45) is 4.02. The molecule has 0 unspecified atom stereocenters. The minimum absolute atomic E-state index is 0.0395. The third-order valence-electron chi connectivity index (χ3n) is 4.54. The summed E-state index contributed by atoms with van der Waals surface area (Å²) in [5.41, 5.74) is 0.0790. The normalized spacial score (nSPS) is 19.6. The van der Waals surface area contributed by atoms with Crippen LogP contribution in [0.4, 0.5) is 0 Å². The van der Waals surface area contributed by atoms with Gasteiger partial charge < -0.3 is 10.6 Å². The zero-order chi connectivity index (χ0) is 18.9. The Hall–Kier alpha value is -1.18. The predicted molar refractivity (Wildman–Crippen MR) is 110 cm³/mol. The number of thioether (sulfide) groups is 1. The Kier molecular flexibility index (Phi) is 5.61. The van der Waals surface area contributed by atoms with Crippen LogP contribution in [-0.4, -0.2) is 38.7 Å². The first-order chi connectivity index (χ1) is 12.1. The van der Waals surface area contributed by atoms with Crippen molar-refractivity contribution in [1.82, 2.24) is 20.6 Å². The van der Waals surface area contributed by atoms with Crippen molar-refractivity contribution in [3.63, 3.8) is 0 Å². The molecule has 0 bridgehead atoms. The van der Waals surface area contributed by atoms with Crippen LogP contribution in [0, 0.1) is 6.92 Å². The number of piperidine rings is 1. The number of fused-ring (bicyclic) bond motifs is 1. The average Bonchev–Trinajstić information content (AvgIpc) is 2.84. The van der Waals surface area contributed by atoms with Crippen molar-refractivity contribution < 1.29 is 4.79 Å². The fourth-order valence-electron chi connectivity index (χ4n) is 4.03. The van der Waals surface area contributed by atoms with Gasteiger partial charge in [0.2, 0.25) is 5.91 Å². The Bertz CT molecular complexity index is 784. The number of nitrogens with zero attached hydrogens (tertiary/aromatic N) is 2. The van der Waals surface area contributed by atoms with Gasteiger partial charge in [-0.2, -0.15) is 0 Å². The molecule has 1 saturated heterocycles. The van der Waals surface area contributed by atoms with Gasteiger partial charge in [0.1, 0.15) is 16.2 Å². The van der Waals surface area contributed by atoms with E-state index < -0.39 is 0 Å². The Balaban J connectivity index is 1.53. The summed E-state index contributed by atoms with van der Waals surface area (Å²) < 4.78 is 0. The van der Waals surface area contributed by atoms with Crippen molar-refractivity contribution in [2.24, 2.45) is 0 Å². The van der Waals surface area contributed by atoms with Crippen molar-refractivity contribution in [1.29, 1.82) is 0 Å². The van der Waals surface area contributed by atoms with Crippen LogP contribution in [0.15, 0.2) is 17.4 Å². The van der Waals surface area contributed by atoms with Crippen LogP contribution < -0.4 is 10.6 Å². The van der Waals surface area contributed by atoms with Crippen molar-refractivity contribution in [2.75, 3.05) is 5.75 Å². The van der Waals surface area contributed by atoms with Gasteiger partial charge in [-0.1, -0.05) is 0 Å². The van der Waals surface area contributed by atoms with Crippen LogP contribution >= 0.6 is 23.1 Å². The van der Waals surface area contributed by atoms with E-state index in [-0.39, 0.29) is 23.0 Å². The molecule has 0 saturated carbocycles. The second kappa shape index (κ2) is 7.44. The average molecular weight is 393 g/mol. The maximum atomic E-state index is 12.4. The number of amides is 1. The maximum Gasteiger partial charge on any atom is 0.221 e. The molecule has 5 nitrogen and oxygen atoms in total. The summed E-state index contributed by atoms with van der Waals surface area (Å²) in [5, 5.41) is 8.95. The van der Waals surface area contributed by atoms with Crippen molar-refractivity contribution in [3.05, 3.63) is 17.3 Å². The number of hydrogen-bond donors (Lipinski definition) is 2. The molecule has 142 valence electrons. The minimum atomic E-state index is 0.0395. The summed E-state index contributed by atoms with van der Waals surface area (Å²) in [7, 11) is 0. The van der Waals surface area contributed by atoms with E-state index in [0.717, 1.165) is 33.8 Å². The van der Waals surface area contributed by atoms with Crippen molar-refractivity contribution >= 4 is 39.2 Å². The first kappa shape index (κ1) is 19.6. The van der Waals surface area contributed by atoms with E-state index >= 15 is 0 Å². The number of rotatable bonds is 5. The number of nitrogens with one attached hydrogen (secondary N) is 2. The fourth-order valence-corrected chi connectivity index (χ4v) is 5.86. The van der Waals surface area contributed by atoms with E-state index in [4.69, 9.17) is 0 Å². The van der Waals surface area contributed by atoms with Crippen LogP contribution in [0.2, 0.25) is 0 Å². The number of thiophene rings is 1. The van der Waals surface area contributed by atoms with Crippen LogP contribution in [0.1, 0.15) is 51.8 Å². The van der Waals surface area contributed by atoms with Crippen LogP contribution in [0.3, 0.4) is 0 Å². The third-order valence-corrected chi connectivity index (χ3v) is 6.50. The number of carbonyl (C=O) groups is 1. The smallest absolute Gasteiger partial charge is 0.221 e. The van der Waals surface area contributed by atoms with Gasteiger partial charge in [0.25, 0.3) is 0 Å². The van der Waals surface area contributed by atoms with E-state index in [1.807, 2.05) is 0 Å². The zero-order valence-corrected chi connectivity index (χ0v) is 17.8. The quantitative estimate of drug-likeness (QED) is 0.596. The number of carbonyl (C=O) groups excluding carboxylic acids is 1. The van der Waals surface area contributed by atoms with E-state index in [1.165, 1.54) is 4.88 Å². The molecule has 1 aliphatic rings. The highest BCUT2D eigenvalue weighted by Crippen LogP contribution is 2.31. The van der Waals surface area contributed by atoms with Crippen LogP contribution in [0.25, 0.3) is 10.2 Å². The highest BCUT2D eigenvalue weighted by molar-refractivity contribution is 7.99. The van der Waals surface area contributed by atoms with Gasteiger partial charge in [-0.3, -0.25) is 4.79 Å². The molecule has 1 amide bonds. The van der Waals surface area contributed by atoms with E-state index in [0.29, 0.717) is 6.42 Å². The van der Waals surface area contributed by atoms with Crippen molar-refractivity contribution in [2.45, 2.75) is 76.0 Å². The second-order valence-electron chi connectivity index (χ2n) is 8.42. The SMILES string of the molecule is Cc1cc2c(SCCC(=O)NC3CC(C)(C)NC(C)(C)C3)ncnc2s1. The van der Waals surface area contributed by atoms with Gasteiger partial charge in [-0.25, -0.2) is 9.97 Å². The molecule has 2 aromatic heterocycles. The molecule has 1 fully saturated rings. The molecule has 7 heteroatoms. The van der Waals surface area contributed by atoms with Gasteiger partial charge in [0.15, 0.2) is 0 Å². The molecule has 3 rings (SSSR count). The molecular weight excluding hydrogens is 364 g/mol. The standard InChI is InChI=1S/C19H28N4OS2/c1-12-8-14-16(20-11-21-17(14)26-12)25-7-6-15(24)22-13-9-18(2,3)23-19(4,5)10-13/h8,11,13,23H,6-7,9-10H2,1-5H3,(H,22,24). The topological polar surface area (TPSA) is 66.9 Å². The molecule has 2 aromatic rings. The largest absolute Gasteiger partial charge is 0.353 e. The van der Waals surface area contributed by atoms with Gasteiger partial charge >= 0.3 is 0 Å². The first-order valence-electron chi connectivity index (χ1n) is 9.06. The van der Waals surface area contributed by atoms with Gasteiger partial charge in [0.05, 0.1) is 0 Å². The molecule has 3 heterocycles. The summed E-state index contributed by atoms with van der Waals surface area (Å²) in [6.45, 7) is 10.9. The maximum absolute atomic E-state index is 12.4. The number of aryl methyl sites for hydroxylation is 1. The first-order valence-corrected chi connectivity index (χ1v) is 10.9. The van der Waals surface area contributed by atoms with Crippen molar-refractivity contribution in [3.8, 4) is 0 Å². The lowest BCUT2D eigenvalue weighted by atomic mass is 9.79. The van der Waals surface area contributed by atoms with Gasteiger partial charge in [0, 0.05) is 39.6 Å². The van der Waals surface area contributed by atoms with Gasteiger partial charge in [-0.05, 0) is 53.5 Å². The van der Waals surface area contributed by atoms with E-state index in [9.17, 15) is 4.79 Å². The molecule has 0 spiro atoms. The summed E-state index contributed by atoms with van der Waals surface area (Å²) in [6, 6.07) is 2.35. The molecule has 0 aromatic carbocycles. The highest BCUT2D eigenvalue weighted by atomic mass is 32.2. The lowest BCUT2D eigenvalue weighted by Crippen LogP contribution is -2.62. The van der Waals surface area contributed by atoms with E-state index in [1.54, 1.807) is 29.4 Å². The number of hydrogen-bond acceptors (Lipinski definition) is 6. The summed E-state index contributed by atoms with van der Waals surface area (Å²) >= 11 is 3.31. The summed E-state index contributed by atoms with van der Waals surface area (Å²) in [4.78, 5) is 23.4. The lowest BCUT2D eigenvalue weighted by molar-refractivity contribution is -0.121. The fraction of sp³-hybridized carbons (Fsp3) is 0.632. The monoisotopic (exact) mass is 392 g/mol. The molecule has 26 heavy (non-hydrogen) atoms. The molecule has 1 aliphatic heterocycles. The Labute approximate surface area is 163 Å². The van der Waals surface area contributed by atoms with Crippen LogP contribution in [0.5, 0.6) is 0 Å². The second-order valence-corrected chi connectivity index (χ2v) is 10.7. The molecule has 0 atom stereocenters. The summed E-state index contributed by atoms with van der Waals surface area (Å²) in [5.74, 6) is 0.854. The van der Waals surface area contributed by atoms with E-state index in [2.05, 4.69) is 61.3 Å². The van der Waals surface area contributed by atoms with Crippen LogP contribution in [-0.2, 0) is 4.79 Å². The molecule has 0 radical (unpaired) electrons. The Morgan fingerprint density at radius 1 is 1.31 bits per heavy atom. The predicted octanol–water partition coefficient (Wildman–Crippen LogP) is 3.91.